The second-order valence-corrected chi connectivity index (χ2v) is 4.31. The van der Waals surface area contributed by atoms with E-state index >= 15 is 0 Å². The van der Waals surface area contributed by atoms with Crippen molar-refractivity contribution in [2.75, 3.05) is 19.6 Å². The highest BCUT2D eigenvalue weighted by Crippen LogP contribution is 2.22. The Kier molecular flexibility index (Phi) is 5.49. The van der Waals surface area contributed by atoms with Crippen LogP contribution in [-0.4, -0.2) is 36.6 Å². The van der Waals surface area contributed by atoms with Gasteiger partial charge in [-0.25, -0.2) is 0 Å². The van der Waals surface area contributed by atoms with Gasteiger partial charge >= 0.3 is 0 Å². The molecular formula is C12H26N2. The predicted octanol–water partition coefficient (Wildman–Crippen LogP) is 2.25. The topological polar surface area (TPSA) is 15.3 Å². The Balaban J connectivity index is 2.40. The van der Waals surface area contributed by atoms with Gasteiger partial charge in [0.25, 0.3) is 0 Å². The van der Waals surface area contributed by atoms with Gasteiger partial charge in [0.15, 0.2) is 0 Å². The zero-order chi connectivity index (χ0) is 10.4. The summed E-state index contributed by atoms with van der Waals surface area (Å²) in [5, 5.41) is 3.48. The smallest absolute Gasteiger partial charge is 0.0224 e. The van der Waals surface area contributed by atoms with E-state index in [0.717, 1.165) is 18.6 Å². The summed E-state index contributed by atoms with van der Waals surface area (Å²) < 4.78 is 0. The third kappa shape index (κ3) is 2.96. The molecule has 1 aliphatic heterocycles. The van der Waals surface area contributed by atoms with Crippen LogP contribution >= 0.6 is 0 Å². The normalized spacial score (nSPS) is 23.6. The molecule has 0 aromatic carbocycles. The van der Waals surface area contributed by atoms with Crippen molar-refractivity contribution >= 4 is 0 Å². The average Bonchev–Trinajstić information content (AvgIpc) is 2.65. The molecule has 1 rings (SSSR count). The number of nitrogens with one attached hydrogen (secondary N) is 1. The maximum absolute atomic E-state index is 3.48. The van der Waals surface area contributed by atoms with E-state index in [9.17, 15) is 0 Å². The molecule has 0 aliphatic carbocycles. The zero-order valence-corrected chi connectivity index (χ0v) is 10.1. The Labute approximate surface area is 89.1 Å². The molecule has 1 saturated heterocycles. The molecule has 0 saturated carbocycles. The Bertz CT molecular complexity index is 143. The predicted molar refractivity (Wildman–Crippen MR) is 62.6 cm³/mol. The molecule has 0 bridgehead atoms. The van der Waals surface area contributed by atoms with Crippen molar-refractivity contribution in [2.24, 2.45) is 0 Å². The van der Waals surface area contributed by atoms with Crippen LogP contribution in [0.2, 0.25) is 0 Å². The lowest BCUT2D eigenvalue weighted by atomic mass is 10.1. The number of nitrogens with zero attached hydrogens (tertiary/aromatic N) is 1. The van der Waals surface area contributed by atoms with E-state index < -0.39 is 0 Å². The highest BCUT2D eigenvalue weighted by Gasteiger charge is 2.28. The molecule has 1 atom stereocenters. The van der Waals surface area contributed by atoms with Crippen molar-refractivity contribution in [3.05, 3.63) is 0 Å². The molecule has 1 heterocycles. The largest absolute Gasteiger partial charge is 0.315 e. The molecule has 0 amide bonds. The fourth-order valence-electron chi connectivity index (χ4n) is 2.63. The maximum Gasteiger partial charge on any atom is 0.0224 e. The highest BCUT2D eigenvalue weighted by molar-refractivity contribution is 4.85. The van der Waals surface area contributed by atoms with Gasteiger partial charge in [0, 0.05) is 18.6 Å². The van der Waals surface area contributed by atoms with Crippen molar-refractivity contribution in [1.82, 2.24) is 10.2 Å². The number of hydrogen-bond acceptors (Lipinski definition) is 2. The minimum absolute atomic E-state index is 0.805. The monoisotopic (exact) mass is 198 g/mol. The van der Waals surface area contributed by atoms with Gasteiger partial charge in [-0.1, -0.05) is 20.8 Å². The quantitative estimate of drug-likeness (QED) is 0.704. The molecule has 2 heteroatoms. The van der Waals surface area contributed by atoms with Crippen LogP contribution in [0, 0.1) is 0 Å². The van der Waals surface area contributed by atoms with Gasteiger partial charge in [-0.3, -0.25) is 4.90 Å². The van der Waals surface area contributed by atoms with Gasteiger partial charge in [-0.2, -0.15) is 0 Å². The van der Waals surface area contributed by atoms with Gasteiger partial charge < -0.3 is 5.32 Å². The van der Waals surface area contributed by atoms with Crippen LogP contribution in [0.3, 0.4) is 0 Å². The summed E-state index contributed by atoms with van der Waals surface area (Å²) in [4.78, 5) is 2.72. The van der Waals surface area contributed by atoms with Crippen LogP contribution in [0.5, 0.6) is 0 Å². The first kappa shape index (κ1) is 12.0. The number of rotatable bonds is 6. The van der Waals surface area contributed by atoms with Crippen molar-refractivity contribution < 1.29 is 0 Å². The van der Waals surface area contributed by atoms with E-state index in [2.05, 4.69) is 31.0 Å². The summed E-state index contributed by atoms with van der Waals surface area (Å²) in [7, 11) is 0. The van der Waals surface area contributed by atoms with Gasteiger partial charge in [-0.15, -0.1) is 0 Å². The first-order valence-electron chi connectivity index (χ1n) is 6.29. The highest BCUT2D eigenvalue weighted by atomic mass is 15.2. The SMILES string of the molecule is CCNCC1CCCN1C(CC)CC. The second kappa shape index (κ2) is 6.41. The fourth-order valence-corrected chi connectivity index (χ4v) is 2.63. The van der Waals surface area contributed by atoms with Gasteiger partial charge in [0.05, 0.1) is 0 Å². The fraction of sp³-hybridized carbons (Fsp3) is 1.00. The zero-order valence-electron chi connectivity index (χ0n) is 10.1. The van der Waals surface area contributed by atoms with Crippen LogP contribution in [0.1, 0.15) is 46.5 Å². The van der Waals surface area contributed by atoms with Crippen molar-refractivity contribution in [3.63, 3.8) is 0 Å². The molecule has 2 nitrogen and oxygen atoms in total. The molecule has 84 valence electrons. The minimum Gasteiger partial charge on any atom is -0.315 e. The Morgan fingerprint density at radius 1 is 1.29 bits per heavy atom. The summed E-state index contributed by atoms with van der Waals surface area (Å²) in [5.41, 5.74) is 0. The molecule has 0 radical (unpaired) electrons. The van der Waals surface area contributed by atoms with Gasteiger partial charge in [0.1, 0.15) is 0 Å². The summed E-state index contributed by atoms with van der Waals surface area (Å²) in [6.45, 7) is 10.4. The van der Waals surface area contributed by atoms with Crippen LogP contribution in [0.4, 0.5) is 0 Å². The standard InChI is InChI=1S/C12H26N2/c1-4-11(5-2)14-9-7-8-12(14)10-13-6-3/h11-13H,4-10H2,1-3H3. The first-order valence-corrected chi connectivity index (χ1v) is 6.29. The van der Waals surface area contributed by atoms with Crippen molar-refractivity contribution in [3.8, 4) is 0 Å². The third-order valence-electron chi connectivity index (χ3n) is 3.46. The summed E-state index contributed by atoms with van der Waals surface area (Å²) in [6.07, 6.45) is 5.40. The summed E-state index contributed by atoms with van der Waals surface area (Å²) >= 11 is 0. The first-order chi connectivity index (χ1) is 6.83. The van der Waals surface area contributed by atoms with E-state index in [-0.39, 0.29) is 0 Å². The Hall–Kier alpha value is -0.0800. The van der Waals surface area contributed by atoms with Crippen molar-refractivity contribution in [1.29, 1.82) is 0 Å². The lowest BCUT2D eigenvalue weighted by Gasteiger charge is -2.32. The molecule has 14 heavy (non-hydrogen) atoms. The molecular weight excluding hydrogens is 172 g/mol. The molecule has 0 aromatic rings. The number of hydrogen-bond donors (Lipinski definition) is 1. The second-order valence-electron chi connectivity index (χ2n) is 4.31. The Morgan fingerprint density at radius 3 is 2.57 bits per heavy atom. The minimum atomic E-state index is 0.805. The Morgan fingerprint density at radius 2 is 2.00 bits per heavy atom. The lowest BCUT2D eigenvalue weighted by Crippen LogP contribution is -2.43. The van der Waals surface area contributed by atoms with Gasteiger partial charge in [-0.05, 0) is 38.8 Å². The van der Waals surface area contributed by atoms with E-state index in [1.54, 1.807) is 0 Å². The van der Waals surface area contributed by atoms with Gasteiger partial charge in [0.2, 0.25) is 0 Å². The molecule has 1 aliphatic rings. The van der Waals surface area contributed by atoms with Crippen LogP contribution in [0.15, 0.2) is 0 Å². The molecule has 1 fully saturated rings. The van der Waals surface area contributed by atoms with Crippen LogP contribution in [-0.2, 0) is 0 Å². The van der Waals surface area contributed by atoms with E-state index in [4.69, 9.17) is 0 Å². The van der Waals surface area contributed by atoms with Crippen molar-refractivity contribution in [2.45, 2.75) is 58.5 Å². The average molecular weight is 198 g/mol. The third-order valence-corrected chi connectivity index (χ3v) is 3.46. The summed E-state index contributed by atoms with van der Waals surface area (Å²) in [6, 6.07) is 1.63. The maximum atomic E-state index is 3.48. The molecule has 1 unspecified atom stereocenters. The van der Waals surface area contributed by atoms with Crippen LogP contribution in [0.25, 0.3) is 0 Å². The van der Waals surface area contributed by atoms with Crippen LogP contribution < -0.4 is 5.32 Å². The lowest BCUT2D eigenvalue weighted by molar-refractivity contribution is 0.167. The van der Waals surface area contributed by atoms with E-state index in [1.807, 2.05) is 0 Å². The van der Waals surface area contributed by atoms with E-state index in [0.29, 0.717) is 0 Å². The van der Waals surface area contributed by atoms with E-state index in [1.165, 1.54) is 38.8 Å². The number of likely N-dealkylation sites (tertiary alicyclic amines) is 1. The molecule has 1 N–H and O–H groups in total. The molecule has 0 aromatic heterocycles. The molecule has 0 spiro atoms. The number of likely N-dealkylation sites (N-methyl/N-ethyl adjacent to an activating group) is 1. The summed E-state index contributed by atoms with van der Waals surface area (Å²) in [5.74, 6) is 0.